The van der Waals surface area contributed by atoms with E-state index in [1.165, 1.54) is 5.56 Å². The third kappa shape index (κ3) is 4.20. The molecule has 4 nitrogen and oxygen atoms in total. The lowest BCUT2D eigenvalue weighted by atomic mass is 10.2. The van der Waals surface area contributed by atoms with Crippen molar-refractivity contribution in [3.8, 4) is 11.5 Å². The monoisotopic (exact) mass is 330 g/mol. The van der Waals surface area contributed by atoms with Crippen LogP contribution in [0.15, 0.2) is 48.5 Å². The zero-order valence-corrected chi connectivity index (χ0v) is 13.7. The molecule has 5 heteroatoms. The van der Waals surface area contributed by atoms with Gasteiger partial charge in [0.05, 0.1) is 5.25 Å². The van der Waals surface area contributed by atoms with Crippen LogP contribution in [0.2, 0.25) is 0 Å². The number of esters is 1. The van der Waals surface area contributed by atoms with E-state index in [0.717, 1.165) is 17.1 Å². The van der Waals surface area contributed by atoms with Crippen LogP contribution in [0.4, 0.5) is 0 Å². The van der Waals surface area contributed by atoms with Gasteiger partial charge in [0.15, 0.2) is 11.5 Å². The molecule has 0 amide bonds. The van der Waals surface area contributed by atoms with Crippen molar-refractivity contribution in [2.45, 2.75) is 24.5 Å². The Morgan fingerprint density at radius 2 is 1.91 bits per heavy atom. The van der Waals surface area contributed by atoms with Crippen molar-refractivity contribution in [1.82, 2.24) is 0 Å². The maximum atomic E-state index is 12.1. The van der Waals surface area contributed by atoms with Gasteiger partial charge in [-0.3, -0.25) is 4.79 Å². The minimum absolute atomic E-state index is 0.204. The molecule has 0 radical (unpaired) electrons. The van der Waals surface area contributed by atoms with Crippen molar-refractivity contribution < 1.29 is 19.0 Å². The summed E-state index contributed by atoms with van der Waals surface area (Å²) in [6.07, 6.45) is 0. The lowest BCUT2D eigenvalue weighted by Gasteiger charge is -2.11. The molecule has 120 valence electrons. The predicted octanol–water partition coefficient (Wildman–Crippen LogP) is 3.78. The van der Waals surface area contributed by atoms with Crippen molar-refractivity contribution in [3.05, 3.63) is 59.7 Å². The van der Waals surface area contributed by atoms with Gasteiger partial charge in [-0.25, -0.2) is 0 Å². The molecule has 0 bridgehead atoms. The van der Waals surface area contributed by atoms with Crippen LogP contribution < -0.4 is 9.47 Å². The van der Waals surface area contributed by atoms with Gasteiger partial charge in [-0.05, 0) is 30.2 Å². The summed E-state index contributed by atoms with van der Waals surface area (Å²) in [5, 5.41) is -0.204. The fraction of sp³-hybridized carbons (Fsp3) is 0.278. The predicted molar refractivity (Wildman–Crippen MR) is 89.6 cm³/mol. The Morgan fingerprint density at radius 1 is 1.13 bits per heavy atom. The molecule has 2 aromatic carbocycles. The molecule has 0 fully saturated rings. The number of ether oxygens (including phenoxy) is 3. The molecule has 0 N–H and O–H groups in total. The number of rotatable bonds is 6. The zero-order valence-electron chi connectivity index (χ0n) is 12.9. The van der Waals surface area contributed by atoms with E-state index in [2.05, 4.69) is 12.1 Å². The highest BCUT2D eigenvalue weighted by Gasteiger charge is 2.17. The van der Waals surface area contributed by atoms with E-state index in [1.54, 1.807) is 11.8 Å². The van der Waals surface area contributed by atoms with E-state index >= 15 is 0 Å². The normalized spacial score (nSPS) is 13.6. The molecule has 1 atom stereocenters. The van der Waals surface area contributed by atoms with Crippen molar-refractivity contribution in [2.75, 3.05) is 6.79 Å². The third-order valence-corrected chi connectivity index (χ3v) is 4.69. The average Bonchev–Trinajstić information content (AvgIpc) is 3.06. The van der Waals surface area contributed by atoms with Gasteiger partial charge < -0.3 is 14.2 Å². The van der Waals surface area contributed by atoms with Gasteiger partial charge in [-0.2, -0.15) is 0 Å². The Balaban J connectivity index is 1.47. The number of carbonyl (C=O) groups excluding carboxylic acids is 1. The maximum Gasteiger partial charge on any atom is 0.319 e. The Kier molecular flexibility index (Phi) is 5.08. The molecule has 2 aromatic rings. The minimum atomic E-state index is -0.205. The average molecular weight is 330 g/mol. The smallest absolute Gasteiger partial charge is 0.319 e. The number of fused-ring (bicyclic) bond motifs is 1. The van der Waals surface area contributed by atoms with Crippen molar-refractivity contribution in [2.24, 2.45) is 0 Å². The van der Waals surface area contributed by atoms with Crippen LogP contribution in [-0.2, 0) is 21.9 Å². The molecule has 1 unspecified atom stereocenters. The topological polar surface area (TPSA) is 44.8 Å². The van der Waals surface area contributed by atoms with Crippen LogP contribution in [-0.4, -0.2) is 18.0 Å². The standard InChI is InChI=1S/C18H18O4S/c1-13(23-11-14-5-3-2-4-6-14)18(19)20-10-15-7-8-16-17(9-15)22-12-21-16/h2-9,13H,10-12H2,1H3. The van der Waals surface area contributed by atoms with Gasteiger partial charge in [0.25, 0.3) is 0 Å². The molecule has 1 aliphatic heterocycles. The minimum Gasteiger partial charge on any atom is -0.460 e. The second-order valence-corrected chi connectivity index (χ2v) is 6.56. The molecular weight excluding hydrogens is 312 g/mol. The Morgan fingerprint density at radius 3 is 2.74 bits per heavy atom. The molecule has 0 spiro atoms. The molecule has 1 aliphatic rings. The van der Waals surface area contributed by atoms with Crippen molar-refractivity contribution in [1.29, 1.82) is 0 Å². The van der Waals surface area contributed by atoms with Gasteiger partial charge in [-0.1, -0.05) is 36.4 Å². The van der Waals surface area contributed by atoms with Crippen LogP contribution >= 0.6 is 11.8 Å². The first-order valence-corrected chi connectivity index (χ1v) is 8.48. The van der Waals surface area contributed by atoms with Crippen LogP contribution in [0.5, 0.6) is 11.5 Å². The molecule has 0 aliphatic carbocycles. The summed E-state index contributed by atoms with van der Waals surface area (Å²) in [6, 6.07) is 15.6. The summed E-state index contributed by atoms with van der Waals surface area (Å²) in [7, 11) is 0. The van der Waals surface area contributed by atoms with Crippen LogP contribution in [0.3, 0.4) is 0 Å². The highest BCUT2D eigenvalue weighted by molar-refractivity contribution is 7.99. The van der Waals surface area contributed by atoms with Gasteiger partial charge >= 0.3 is 5.97 Å². The van der Waals surface area contributed by atoms with E-state index < -0.39 is 0 Å². The summed E-state index contributed by atoms with van der Waals surface area (Å²) in [6.45, 7) is 2.35. The van der Waals surface area contributed by atoms with Crippen LogP contribution in [0.1, 0.15) is 18.1 Å². The van der Waals surface area contributed by atoms with Gasteiger partial charge in [0, 0.05) is 5.75 Å². The highest BCUT2D eigenvalue weighted by Crippen LogP contribution is 2.32. The number of carbonyl (C=O) groups is 1. The number of hydrogen-bond donors (Lipinski definition) is 0. The number of hydrogen-bond acceptors (Lipinski definition) is 5. The molecule has 3 rings (SSSR count). The van der Waals surface area contributed by atoms with E-state index in [-0.39, 0.29) is 24.6 Å². The molecular formula is C18H18O4S. The number of benzene rings is 2. The van der Waals surface area contributed by atoms with E-state index in [9.17, 15) is 4.79 Å². The van der Waals surface area contributed by atoms with Crippen molar-refractivity contribution >= 4 is 17.7 Å². The summed E-state index contributed by atoms with van der Waals surface area (Å²) in [5.74, 6) is 2.02. The molecule has 1 heterocycles. The molecule has 23 heavy (non-hydrogen) atoms. The SMILES string of the molecule is CC(SCc1ccccc1)C(=O)OCc1ccc2c(c1)OCO2. The fourth-order valence-electron chi connectivity index (χ4n) is 2.17. The van der Waals surface area contributed by atoms with Crippen LogP contribution in [0.25, 0.3) is 0 Å². The second kappa shape index (κ2) is 7.42. The van der Waals surface area contributed by atoms with Crippen molar-refractivity contribution in [3.63, 3.8) is 0 Å². The lowest BCUT2D eigenvalue weighted by molar-refractivity contribution is -0.143. The second-order valence-electron chi connectivity index (χ2n) is 5.23. The summed E-state index contributed by atoms with van der Waals surface area (Å²) in [4.78, 5) is 12.1. The van der Waals surface area contributed by atoms with Gasteiger partial charge in [0.2, 0.25) is 6.79 Å². The van der Waals surface area contributed by atoms with E-state index in [0.29, 0.717) is 5.75 Å². The lowest BCUT2D eigenvalue weighted by Crippen LogP contribution is -2.17. The van der Waals surface area contributed by atoms with E-state index in [4.69, 9.17) is 14.2 Å². The van der Waals surface area contributed by atoms with Crippen LogP contribution in [0, 0.1) is 0 Å². The number of thioether (sulfide) groups is 1. The molecule has 0 saturated heterocycles. The van der Waals surface area contributed by atoms with E-state index in [1.807, 2.05) is 43.3 Å². The third-order valence-electron chi connectivity index (χ3n) is 3.49. The van der Waals surface area contributed by atoms with Gasteiger partial charge in [0.1, 0.15) is 6.61 Å². The van der Waals surface area contributed by atoms with Gasteiger partial charge in [-0.15, -0.1) is 11.8 Å². The summed E-state index contributed by atoms with van der Waals surface area (Å²) >= 11 is 1.57. The first kappa shape index (κ1) is 15.7. The molecule has 0 aromatic heterocycles. The first-order valence-electron chi connectivity index (χ1n) is 7.43. The maximum absolute atomic E-state index is 12.1. The summed E-state index contributed by atoms with van der Waals surface area (Å²) < 4.78 is 16.0. The largest absolute Gasteiger partial charge is 0.460 e. The molecule has 0 saturated carbocycles. The first-order chi connectivity index (χ1) is 11.2. The Bertz CT molecular complexity index is 672. The zero-order chi connectivity index (χ0) is 16.1. The highest BCUT2D eigenvalue weighted by atomic mass is 32.2. The summed E-state index contributed by atoms with van der Waals surface area (Å²) in [5.41, 5.74) is 2.09. The Labute approximate surface area is 139 Å². The quantitative estimate of drug-likeness (QED) is 0.754. The Hall–Kier alpha value is -2.14. The fourth-order valence-corrected chi connectivity index (χ4v) is 3.01.